The number of amides is 1. The van der Waals surface area contributed by atoms with E-state index in [1.807, 2.05) is 6.92 Å². The molecule has 0 aromatic heterocycles. The van der Waals surface area contributed by atoms with E-state index in [9.17, 15) is 9.18 Å². The number of halogens is 1. The maximum Gasteiger partial charge on any atom is 0.254 e. The number of nitrogens with one attached hydrogen (secondary N) is 1. The number of nitrogen functional groups attached to an aromatic ring is 1. The van der Waals surface area contributed by atoms with Crippen molar-refractivity contribution in [1.82, 2.24) is 5.32 Å². The van der Waals surface area contributed by atoms with Gasteiger partial charge in [0.05, 0.1) is 5.56 Å². The van der Waals surface area contributed by atoms with E-state index in [2.05, 4.69) is 11.2 Å². The quantitative estimate of drug-likeness (QED) is 0.618. The molecule has 0 saturated heterocycles. The van der Waals surface area contributed by atoms with Crippen molar-refractivity contribution in [1.29, 1.82) is 0 Å². The highest BCUT2D eigenvalue weighted by molar-refractivity contribution is 5.95. The van der Waals surface area contributed by atoms with Gasteiger partial charge in [-0.15, -0.1) is 12.3 Å². The molecule has 1 rings (SSSR count). The Balaban J connectivity index is 2.82. The highest BCUT2D eigenvalue weighted by Crippen LogP contribution is 2.12. The largest absolute Gasteiger partial charge is 0.399 e. The second-order valence-corrected chi connectivity index (χ2v) is 3.73. The van der Waals surface area contributed by atoms with Crippen molar-refractivity contribution >= 4 is 11.6 Å². The van der Waals surface area contributed by atoms with E-state index in [4.69, 9.17) is 12.2 Å². The molecule has 3 nitrogen and oxygen atoms in total. The fraction of sp³-hybridized carbons (Fsp3) is 0.308. The smallest absolute Gasteiger partial charge is 0.254 e. The van der Waals surface area contributed by atoms with Crippen LogP contribution in [-0.2, 0) is 0 Å². The Morgan fingerprint density at radius 2 is 2.35 bits per heavy atom. The second-order valence-electron chi connectivity index (χ2n) is 3.73. The van der Waals surface area contributed by atoms with Crippen LogP contribution in [0.2, 0.25) is 0 Å². The van der Waals surface area contributed by atoms with E-state index in [0.717, 1.165) is 0 Å². The monoisotopic (exact) mass is 234 g/mol. The lowest BCUT2D eigenvalue weighted by Crippen LogP contribution is -2.34. The van der Waals surface area contributed by atoms with Crippen molar-refractivity contribution in [3.8, 4) is 12.3 Å². The van der Waals surface area contributed by atoms with Crippen LogP contribution < -0.4 is 11.1 Å². The molecule has 0 aliphatic rings. The first-order chi connectivity index (χ1) is 8.08. The molecule has 0 aliphatic heterocycles. The van der Waals surface area contributed by atoms with Crippen LogP contribution in [0, 0.1) is 18.2 Å². The van der Waals surface area contributed by atoms with E-state index in [1.165, 1.54) is 18.2 Å². The summed E-state index contributed by atoms with van der Waals surface area (Å²) in [5.41, 5.74) is 5.80. The van der Waals surface area contributed by atoms with E-state index in [-0.39, 0.29) is 11.6 Å². The molecule has 0 aliphatic carbocycles. The van der Waals surface area contributed by atoms with Gasteiger partial charge in [-0.2, -0.15) is 0 Å². The summed E-state index contributed by atoms with van der Waals surface area (Å²) >= 11 is 0. The Labute approximate surface area is 100 Å². The maximum absolute atomic E-state index is 13.4. The molecule has 1 unspecified atom stereocenters. The van der Waals surface area contributed by atoms with Gasteiger partial charge in [-0.3, -0.25) is 4.79 Å². The van der Waals surface area contributed by atoms with Crippen molar-refractivity contribution in [2.45, 2.75) is 25.8 Å². The number of carbonyl (C=O) groups excluding carboxylic acids is 1. The summed E-state index contributed by atoms with van der Waals surface area (Å²) in [6.07, 6.45) is 6.30. The molecule has 0 spiro atoms. The number of hydrogen-bond acceptors (Lipinski definition) is 2. The van der Waals surface area contributed by atoms with Crippen molar-refractivity contribution < 1.29 is 9.18 Å². The third-order valence-corrected chi connectivity index (χ3v) is 2.43. The number of terminal acetylenes is 1. The molecular weight excluding hydrogens is 219 g/mol. The van der Waals surface area contributed by atoms with E-state index < -0.39 is 11.7 Å². The van der Waals surface area contributed by atoms with Gasteiger partial charge in [0.1, 0.15) is 5.82 Å². The molecule has 0 bridgehead atoms. The summed E-state index contributed by atoms with van der Waals surface area (Å²) < 4.78 is 13.4. The van der Waals surface area contributed by atoms with E-state index >= 15 is 0 Å². The van der Waals surface area contributed by atoms with Crippen molar-refractivity contribution in [2.24, 2.45) is 0 Å². The fourth-order valence-corrected chi connectivity index (χ4v) is 1.42. The Hall–Kier alpha value is -2.02. The van der Waals surface area contributed by atoms with Gasteiger partial charge in [0.15, 0.2) is 0 Å². The Morgan fingerprint density at radius 3 is 2.94 bits per heavy atom. The Bertz CT molecular complexity index is 451. The fourth-order valence-electron chi connectivity index (χ4n) is 1.42. The Kier molecular flexibility index (Phi) is 4.53. The molecule has 1 aromatic rings. The lowest BCUT2D eigenvalue weighted by molar-refractivity contribution is 0.0932. The standard InChI is InChI=1S/C13H15FN2O/c1-3-5-10(4-2)16-13(17)11-8-9(15)6-7-12(11)14/h1,6-8,10H,4-5,15H2,2H3,(H,16,17). The highest BCUT2D eigenvalue weighted by Gasteiger charge is 2.15. The van der Waals surface area contributed by atoms with Gasteiger partial charge < -0.3 is 11.1 Å². The number of rotatable bonds is 4. The van der Waals surface area contributed by atoms with Gasteiger partial charge in [0, 0.05) is 18.2 Å². The highest BCUT2D eigenvalue weighted by atomic mass is 19.1. The van der Waals surface area contributed by atoms with E-state index in [1.54, 1.807) is 0 Å². The van der Waals surface area contributed by atoms with Crippen LogP contribution in [0.3, 0.4) is 0 Å². The zero-order chi connectivity index (χ0) is 12.8. The number of hydrogen-bond donors (Lipinski definition) is 2. The summed E-state index contributed by atoms with van der Waals surface area (Å²) in [4.78, 5) is 11.8. The van der Waals surface area contributed by atoms with Gasteiger partial charge in [-0.05, 0) is 24.6 Å². The molecule has 1 atom stereocenters. The first-order valence-electron chi connectivity index (χ1n) is 5.37. The van der Waals surface area contributed by atoms with Gasteiger partial charge >= 0.3 is 0 Å². The van der Waals surface area contributed by atoms with E-state index in [0.29, 0.717) is 18.5 Å². The minimum atomic E-state index is -0.590. The van der Waals surface area contributed by atoms with Crippen LogP contribution >= 0.6 is 0 Å². The second kappa shape index (κ2) is 5.90. The average Bonchev–Trinajstić information content (AvgIpc) is 2.31. The van der Waals surface area contributed by atoms with Crippen molar-refractivity contribution in [3.63, 3.8) is 0 Å². The molecule has 0 saturated carbocycles. The van der Waals surface area contributed by atoms with Gasteiger partial charge in [-0.25, -0.2) is 4.39 Å². The first kappa shape index (κ1) is 13.0. The minimum Gasteiger partial charge on any atom is -0.399 e. The third kappa shape index (κ3) is 3.49. The summed E-state index contributed by atoms with van der Waals surface area (Å²) in [5, 5.41) is 2.67. The molecule has 0 fully saturated rings. The maximum atomic E-state index is 13.4. The van der Waals surface area contributed by atoms with Crippen molar-refractivity contribution in [3.05, 3.63) is 29.6 Å². The van der Waals surface area contributed by atoms with Crippen LogP contribution in [0.15, 0.2) is 18.2 Å². The molecule has 1 amide bonds. The van der Waals surface area contributed by atoms with Gasteiger partial charge in [0.25, 0.3) is 5.91 Å². The summed E-state index contributed by atoms with van der Waals surface area (Å²) in [5.74, 6) is 1.39. The van der Waals surface area contributed by atoms with Gasteiger partial charge in [-0.1, -0.05) is 6.92 Å². The zero-order valence-electron chi connectivity index (χ0n) is 9.66. The van der Waals surface area contributed by atoms with Crippen LogP contribution in [-0.4, -0.2) is 11.9 Å². The molecule has 0 radical (unpaired) electrons. The molecule has 90 valence electrons. The predicted octanol–water partition coefficient (Wildman–Crippen LogP) is 1.94. The normalized spacial score (nSPS) is 11.6. The molecule has 4 heteroatoms. The number of benzene rings is 1. The predicted molar refractivity (Wildman–Crippen MR) is 65.8 cm³/mol. The molecule has 0 heterocycles. The zero-order valence-corrected chi connectivity index (χ0v) is 9.66. The van der Waals surface area contributed by atoms with Crippen LogP contribution in [0.5, 0.6) is 0 Å². The van der Waals surface area contributed by atoms with Crippen LogP contribution in [0.25, 0.3) is 0 Å². The van der Waals surface area contributed by atoms with Crippen molar-refractivity contribution in [2.75, 3.05) is 5.73 Å². The Morgan fingerprint density at radius 1 is 1.65 bits per heavy atom. The summed E-state index contributed by atoms with van der Waals surface area (Å²) in [6.45, 7) is 1.90. The minimum absolute atomic E-state index is 0.0551. The lowest BCUT2D eigenvalue weighted by atomic mass is 10.1. The summed E-state index contributed by atoms with van der Waals surface area (Å²) in [7, 11) is 0. The topological polar surface area (TPSA) is 55.1 Å². The molecular formula is C13H15FN2O. The first-order valence-corrected chi connectivity index (χ1v) is 5.37. The number of nitrogens with two attached hydrogens (primary N) is 1. The van der Waals surface area contributed by atoms with Gasteiger partial charge in [0.2, 0.25) is 0 Å². The lowest BCUT2D eigenvalue weighted by Gasteiger charge is -2.14. The summed E-state index contributed by atoms with van der Waals surface area (Å²) in [6, 6.07) is 3.75. The SMILES string of the molecule is C#CCC(CC)NC(=O)c1cc(N)ccc1F. The number of carbonyl (C=O) groups is 1. The van der Waals surface area contributed by atoms with Crippen LogP contribution in [0.1, 0.15) is 30.1 Å². The molecule has 3 N–H and O–H groups in total. The third-order valence-electron chi connectivity index (χ3n) is 2.43. The molecule has 17 heavy (non-hydrogen) atoms. The number of anilines is 1. The molecule has 1 aromatic carbocycles. The average molecular weight is 234 g/mol. The van der Waals surface area contributed by atoms with Crippen LogP contribution in [0.4, 0.5) is 10.1 Å².